The van der Waals surface area contributed by atoms with Crippen LogP contribution in [0.25, 0.3) is 32.9 Å². The molecule has 3 heterocycles. The molecule has 1 amide bonds. The molecule has 5 rings (SSSR count). The Balaban J connectivity index is 1.81. The van der Waals surface area contributed by atoms with E-state index in [9.17, 15) is 19.4 Å². The summed E-state index contributed by atoms with van der Waals surface area (Å²) in [5.41, 5.74) is 4.79. The molecule has 1 fully saturated rings. The van der Waals surface area contributed by atoms with E-state index in [1.54, 1.807) is 18.7 Å². The molecule has 1 atom stereocenters. The molecule has 0 unspecified atom stereocenters. The number of piperidine rings is 1. The van der Waals surface area contributed by atoms with E-state index in [2.05, 4.69) is 15.0 Å². The van der Waals surface area contributed by atoms with Gasteiger partial charge in [0.2, 0.25) is 5.82 Å². The zero-order chi connectivity index (χ0) is 25.8. The molecular formula is C26H25F2N5O3. The fourth-order valence-electron chi connectivity index (χ4n) is 4.99. The third kappa shape index (κ3) is 3.97. The van der Waals surface area contributed by atoms with Crippen molar-refractivity contribution in [2.75, 3.05) is 18.0 Å². The van der Waals surface area contributed by atoms with Crippen LogP contribution >= 0.6 is 0 Å². The number of hydrogen-bond acceptors (Lipinski definition) is 7. The number of aromatic hydroxyl groups is 1. The second-order valence-electron chi connectivity index (χ2n) is 9.41. The number of benzene rings is 2. The minimum absolute atomic E-state index is 0.0651. The van der Waals surface area contributed by atoms with Gasteiger partial charge in [-0.25, -0.2) is 18.7 Å². The molecule has 0 aliphatic carbocycles. The van der Waals surface area contributed by atoms with E-state index in [-0.39, 0.29) is 46.1 Å². The van der Waals surface area contributed by atoms with Crippen LogP contribution in [-0.2, 0) is 6.42 Å². The highest BCUT2D eigenvalue weighted by molar-refractivity contribution is 6.02. The lowest BCUT2D eigenvalue weighted by molar-refractivity contribution is 0.0448. The molecule has 10 heteroatoms. The van der Waals surface area contributed by atoms with E-state index in [1.807, 2.05) is 0 Å². The lowest BCUT2D eigenvalue weighted by atomic mass is 9.93. The van der Waals surface area contributed by atoms with Gasteiger partial charge in [-0.15, -0.1) is 0 Å². The Hall–Kier alpha value is -3.92. The van der Waals surface area contributed by atoms with Gasteiger partial charge in [0.05, 0.1) is 11.0 Å². The molecular weight excluding hydrogens is 468 g/mol. The van der Waals surface area contributed by atoms with E-state index in [1.165, 1.54) is 30.5 Å². The Bertz CT molecular complexity index is 1540. The summed E-state index contributed by atoms with van der Waals surface area (Å²) in [4.78, 5) is 26.6. The number of nitrogens with zero attached hydrogens (tertiary/aromatic N) is 4. The number of phenolic OH excluding ortho intramolecular Hbond substituents is 1. The molecule has 186 valence electrons. The van der Waals surface area contributed by atoms with Crippen molar-refractivity contribution in [3.05, 3.63) is 53.5 Å². The molecule has 0 radical (unpaired) electrons. The average Bonchev–Trinajstić information content (AvgIpc) is 2.83. The van der Waals surface area contributed by atoms with Gasteiger partial charge in [-0.1, -0.05) is 13.0 Å². The average molecular weight is 494 g/mol. The molecule has 0 saturated carbocycles. The van der Waals surface area contributed by atoms with E-state index in [0.29, 0.717) is 42.1 Å². The summed E-state index contributed by atoms with van der Waals surface area (Å²) in [5, 5.41) is 22.4. The second-order valence-corrected chi connectivity index (χ2v) is 9.41. The normalized spacial score (nSPS) is 18.2. The fourth-order valence-corrected chi connectivity index (χ4v) is 4.99. The Morgan fingerprint density at radius 3 is 2.69 bits per heavy atom. The molecule has 8 nitrogen and oxygen atoms in total. The van der Waals surface area contributed by atoms with Gasteiger partial charge in [-0.2, -0.15) is 0 Å². The summed E-state index contributed by atoms with van der Waals surface area (Å²) in [5.74, 6) is -2.50. The third-order valence-corrected chi connectivity index (χ3v) is 6.64. The van der Waals surface area contributed by atoms with Crippen LogP contribution in [0, 0.1) is 11.6 Å². The number of anilines is 1. The van der Waals surface area contributed by atoms with E-state index >= 15 is 4.39 Å². The Labute approximate surface area is 205 Å². The van der Waals surface area contributed by atoms with Crippen LogP contribution in [-0.4, -0.2) is 49.8 Å². The van der Waals surface area contributed by atoms with Crippen molar-refractivity contribution in [1.82, 2.24) is 15.0 Å². The maximum absolute atomic E-state index is 16.2. The number of carbonyl (C=O) groups excluding carboxylic acids is 1. The summed E-state index contributed by atoms with van der Waals surface area (Å²) >= 11 is 0. The molecule has 1 aliphatic rings. The van der Waals surface area contributed by atoms with Crippen molar-refractivity contribution >= 4 is 33.4 Å². The zero-order valence-corrected chi connectivity index (χ0v) is 19.8. The van der Waals surface area contributed by atoms with Crippen LogP contribution in [0.1, 0.15) is 42.9 Å². The van der Waals surface area contributed by atoms with Gasteiger partial charge in [-0.05, 0) is 55.2 Å². The number of phenols is 1. The number of primary amides is 1. The molecule has 1 saturated heterocycles. The van der Waals surface area contributed by atoms with Gasteiger partial charge in [0.1, 0.15) is 28.6 Å². The van der Waals surface area contributed by atoms with Gasteiger partial charge in [-0.3, -0.25) is 9.78 Å². The number of rotatable bonds is 4. The number of amides is 1. The number of carbonyl (C=O) groups is 1. The van der Waals surface area contributed by atoms with E-state index < -0.39 is 23.1 Å². The van der Waals surface area contributed by atoms with Crippen molar-refractivity contribution in [3.63, 3.8) is 0 Å². The number of halogens is 2. The number of nitrogens with two attached hydrogens (primary N) is 1. The largest absolute Gasteiger partial charge is 0.508 e. The molecule has 4 aromatic rings. The predicted octanol–water partition coefficient (Wildman–Crippen LogP) is 3.84. The van der Waals surface area contributed by atoms with Crippen LogP contribution in [0.3, 0.4) is 0 Å². The molecule has 0 spiro atoms. The summed E-state index contributed by atoms with van der Waals surface area (Å²) in [6.07, 6.45) is 2.98. The highest BCUT2D eigenvalue weighted by Gasteiger charge is 2.31. The minimum atomic E-state index is -0.991. The third-order valence-electron chi connectivity index (χ3n) is 6.64. The number of aliphatic hydroxyl groups is 1. The number of pyridine rings is 1. The quantitative estimate of drug-likeness (QED) is 0.394. The Kier molecular flexibility index (Phi) is 5.71. The summed E-state index contributed by atoms with van der Waals surface area (Å²) < 4.78 is 30.4. The predicted molar refractivity (Wildman–Crippen MR) is 132 cm³/mol. The maximum atomic E-state index is 16.2. The molecule has 2 aromatic carbocycles. The summed E-state index contributed by atoms with van der Waals surface area (Å²) in [7, 11) is 0. The number of fused-ring (bicyclic) bond motifs is 2. The van der Waals surface area contributed by atoms with Crippen LogP contribution in [0.15, 0.2) is 30.5 Å². The van der Waals surface area contributed by atoms with Gasteiger partial charge in [0.25, 0.3) is 5.91 Å². The summed E-state index contributed by atoms with van der Waals surface area (Å²) in [6.45, 7) is 4.24. The first-order valence-electron chi connectivity index (χ1n) is 11.7. The Morgan fingerprint density at radius 2 is 2.00 bits per heavy atom. The topological polar surface area (TPSA) is 125 Å². The van der Waals surface area contributed by atoms with Crippen molar-refractivity contribution in [2.45, 2.75) is 38.7 Å². The van der Waals surface area contributed by atoms with Crippen LogP contribution in [0.2, 0.25) is 0 Å². The smallest absolute Gasteiger partial charge is 0.286 e. The van der Waals surface area contributed by atoms with Crippen molar-refractivity contribution in [3.8, 4) is 17.0 Å². The minimum Gasteiger partial charge on any atom is -0.508 e. The lowest BCUT2D eigenvalue weighted by Gasteiger charge is -2.37. The molecule has 0 bridgehead atoms. The van der Waals surface area contributed by atoms with E-state index in [4.69, 9.17) is 5.73 Å². The van der Waals surface area contributed by atoms with Crippen molar-refractivity contribution < 1.29 is 23.8 Å². The SMILES string of the molecule is CCc1c(O)cc2ccc(F)cc2c1-c1ncc2c(N3CCC[C@@](C)(O)C3)nc(C(N)=O)nc2c1F. The zero-order valence-electron chi connectivity index (χ0n) is 19.8. The van der Waals surface area contributed by atoms with Crippen LogP contribution in [0.4, 0.5) is 14.6 Å². The van der Waals surface area contributed by atoms with Gasteiger partial charge < -0.3 is 20.8 Å². The number of β-amino-alcohol motifs (C(OH)–C–C–N with tert-alkyl or cyclic N) is 1. The first-order valence-corrected chi connectivity index (χ1v) is 11.7. The number of aromatic nitrogens is 3. The molecule has 1 aliphatic heterocycles. The second kappa shape index (κ2) is 8.63. The van der Waals surface area contributed by atoms with E-state index in [0.717, 1.165) is 0 Å². The monoisotopic (exact) mass is 493 g/mol. The lowest BCUT2D eigenvalue weighted by Crippen LogP contribution is -2.46. The highest BCUT2D eigenvalue weighted by Crippen LogP contribution is 2.40. The standard InChI is InChI=1S/C26H25F2N5O3/c1-3-15-18(34)9-13-5-6-14(27)10-16(13)19(15)22-20(28)21-17(11-30-22)25(32-24(31-21)23(29)35)33-8-4-7-26(2,36)12-33/h5-6,9-11,34,36H,3-4,7-8,12H2,1-2H3,(H2,29,35)/t26-/m1/s1. The van der Waals surface area contributed by atoms with Gasteiger partial charge in [0, 0.05) is 30.4 Å². The highest BCUT2D eigenvalue weighted by atomic mass is 19.1. The van der Waals surface area contributed by atoms with Gasteiger partial charge >= 0.3 is 0 Å². The van der Waals surface area contributed by atoms with Gasteiger partial charge in [0.15, 0.2) is 5.82 Å². The number of hydrogen-bond donors (Lipinski definition) is 3. The van der Waals surface area contributed by atoms with Crippen molar-refractivity contribution in [2.24, 2.45) is 5.73 Å². The Morgan fingerprint density at radius 1 is 1.22 bits per heavy atom. The van der Waals surface area contributed by atoms with Crippen LogP contribution < -0.4 is 10.6 Å². The first-order chi connectivity index (χ1) is 17.1. The fraction of sp³-hybridized carbons (Fsp3) is 0.308. The maximum Gasteiger partial charge on any atom is 0.286 e. The van der Waals surface area contributed by atoms with Crippen molar-refractivity contribution in [1.29, 1.82) is 0 Å². The molecule has 36 heavy (non-hydrogen) atoms. The molecule has 2 aromatic heterocycles. The summed E-state index contributed by atoms with van der Waals surface area (Å²) in [6, 6.07) is 5.53. The first kappa shape index (κ1) is 23.8. The molecule has 4 N–H and O–H groups in total. The van der Waals surface area contributed by atoms with Crippen LogP contribution in [0.5, 0.6) is 5.75 Å².